The van der Waals surface area contributed by atoms with Crippen LogP contribution in [0.2, 0.25) is 0 Å². The Balaban J connectivity index is 1.99. The van der Waals surface area contributed by atoms with E-state index < -0.39 is 0 Å². The van der Waals surface area contributed by atoms with Crippen molar-refractivity contribution in [2.75, 3.05) is 5.32 Å². The SMILES string of the molecule is Cc1cccc(NCc2noc(C)n2)c1. The van der Waals surface area contributed by atoms with Gasteiger partial charge in [-0.1, -0.05) is 17.3 Å². The summed E-state index contributed by atoms with van der Waals surface area (Å²) in [4.78, 5) is 4.11. The fourth-order valence-electron chi connectivity index (χ4n) is 1.35. The van der Waals surface area contributed by atoms with Crippen molar-refractivity contribution >= 4 is 5.69 Å². The molecular formula is C11H13N3O. The van der Waals surface area contributed by atoms with E-state index in [4.69, 9.17) is 4.52 Å². The second-order valence-electron chi connectivity index (χ2n) is 3.45. The summed E-state index contributed by atoms with van der Waals surface area (Å²) in [7, 11) is 0. The summed E-state index contributed by atoms with van der Waals surface area (Å²) >= 11 is 0. The minimum absolute atomic E-state index is 0.584. The first-order chi connectivity index (χ1) is 7.24. The smallest absolute Gasteiger partial charge is 0.223 e. The van der Waals surface area contributed by atoms with Crippen molar-refractivity contribution in [2.24, 2.45) is 0 Å². The van der Waals surface area contributed by atoms with E-state index in [-0.39, 0.29) is 0 Å². The molecule has 0 aliphatic heterocycles. The molecule has 1 N–H and O–H groups in total. The minimum atomic E-state index is 0.584. The molecule has 0 unspecified atom stereocenters. The first-order valence-electron chi connectivity index (χ1n) is 4.84. The highest BCUT2D eigenvalue weighted by Crippen LogP contribution is 2.10. The lowest BCUT2D eigenvalue weighted by atomic mass is 10.2. The third kappa shape index (κ3) is 2.56. The molecule has 0 bridgehead atoms. The van der Waals surface area contributed by atoms with Gasteiger partial charge in [-0.2, -0.15) is 4.98 Å². The lowest BCUT2D eigenvalue weighted by Gasteiger charge is -2.03. The summed E-state index contributed by atoms with van der Waals surface area (Å²) < 4.78 is 4.88. The van der Waals surface area contributed by atoms with Gasteiger partial charge in [0.25, 0.3) is 0 Å². The number of aromatic nitrogens is 2. The quantitative estimate of drug-likeness (QED) is 0.831. The van der Waals surface area contributed by atoms with Crippen LogP contribution in [0.5, 0.6) is 0 Å². The molecule has 0 saturated carbocycles. The van der Waals surface area contributed by atoms with Gasteiger partial charge in [-0.25, -0.2) is 0 Å². The number of hydrogen-bond acceptors (Lipinski definition) is 4. The Labute approximate surface area is 88.3 Å². The van der Waals surface area contributed by atoms with Crippen LogP contribution in [0.15, 0.2) is 28.8 Å². The molecule has 0 aliphatic rings. The number of aryl methyl sites for hydroxylation is 2. The molecule has 0 radical (unpaired) electrons. The van der Waals surface area contributed by atoms with Crippen LogP contribution < -0.4 is 5.32 Å². The molecule has 0 amide bonds. The molecular weight excluding hydrogens is 190 g/mol. The standard InChI is InChI=1S/C11H13N3O/c1-8-4-3-5-10(6-8)12-7-11-13-9(2)15-14-11/h3-6,12H,7H2,1-2H3. The molecule has 2 rings (SSSR count). The van der Waals surface area contributed by atoms with Crippen LogP contribution in [0.25, 0.3) is 0 Å². The van der Waals surface area contributed by atoms with Gasteiger partial charge < -0.3 is 9.84 Å². The van der Waals surface area contributed by atoms with Gasteiger partial charge in [0.2, 0.25) is 5.89 Å². The number of anilines is 1. The third-order valence-electron chi connectivity index (χ3n) is 2.04. The highest BCUT2D eigenvalue weighted by Gasteiger charge is 2.01. The van der Waals surface area contributed by atoms with E-state index in [9.17, 15) is 0 Å². The fraction of sp³-hybridized carbons (Fsp3) is 0.273. The molecule has 4 nitrogen and oxygen atoms in total. The van der Waals surface area contributed by atoms with Crippen LogP contribution >= 0.6 is 0 Å². The summed E-state index contributed by atoms with van der Waals surface area (Å²) in [5.41, 5.74) is 2.29. The average molecular weight is 203 g/mol. The lowest BCUT2D eigenvalue weighted by molar-refractivity contribution is 0.388. The molecule has 0 atom stereocenters. The predicted octanol–water partition coefficient (Wildman–Crippen LogP) is 2.30. The third-order valence-corrected chi connectivity index (χ3v) is 2.04. The molecule has 2 aromatic rings. The molecule has 78 valence electrons. The van der Waals surface area contributed by atoms with Crippen LogP contribution in [0, 0.1) is 13.8 Å². The van der Waals surface area contributed by atoms with Gasteiger partial charge >= 0.3 is 0 Å². The first kappa shape index (κ1) is 9.71. The van der Waals surface area contributed by atoms with E-state index in [1.54, 1.807) is 6.92 Å². The lowest BCUT2D eigenvalue weighted by Crippen LogP contribution is -2.01. The average Bonchev–Trinajstić information content (AvgIpc) is 2.62. The maximum atomic E-state index is 4.88. The summed E-state index contributed by atoms with van der Waals surface area (Å²) in [6, 6.07) is 8.16. The zero-order valence-electron chi connectivity index (χ0n) is 8.82. The van der Waals surface area contributed by atoms with E-state index >= 15 is 0 Å². The van der Waals surface area contributed by atoms with E-state index in [0.29, 0.717) is 18.3 Å². The van der Waals surface area contributed by atoms with E-state index in [2.05, 4.69) is 34.5 Å². The molecule has 0 saturated heterocycles. The number of rotatable bonds is 3. The Morgan fingerprint density at radius 1 is 1.33 bits per heavy atom. The summed E-state index contributed by atoms with van der Waals surface area (Å²) in [6.07, 6.45) is 0. The Bertz CT molecular complexity index is 451. The normalized spacial score (nSPS) is 10.3. The summed E-state index contributed by atoms with van der Waals surface area (Å²) in [6.45, 7) is 4.42. The van der Waals surface area contributed by atoms with Gasteiger partial charge in [0.1, 0.15) is 0 Å². The highest BCUT2D eigenvalue weighted by molar-refractivity contribution is 5.45. The summed E-state index contributed by atoms with van der Waals surface area (Å²) in [5.74, 6) is 1.27. The number of nitrogens with zero attached hydrogens (tertiary/aromatic N) is 2. The van der Waals surface area contributed by atoms with Gasteiger partial charge in [0, 0.05) is 12.6 Å². The molecule has 0 fully saturated rings. The van der Waals surface area contributed by atoms with E-state index in [0.717, 1.165) is 5.69 Å². The van der Waals surface area contributed by atoms with Crippen molar-refractivity contribution in [3.05, 3.63) is 41.5 Å². The van der Waals surface area contributed by atoms with Gasteiger partial charge in [-0.15, -0.1) is 0 Å². The van der Waals surface area contributed by atoms with Gasteiger partial charge in [0.05, 0.1) is 6.54 Å². The van der Waals surface area contributed by atoms with Crippen molar-refractivity contribution in [2.45, 2.75) is 20.4 Å². The topological polar surface area (TPSA) is 51.0 Å². The predicted molar refractivity (Wildman–Crippen MR) is 57.5 cm³/mol. The Morgan fingerprint density at radius 2 is 2.20 bits per heavy atom. The second-order valence-corrected chi connectivity index (χ2v) is 3.45. The molecule has 1 aromatic heterocycles. The van der Waals surface area contributed by atoms with Crippen molar-refractivity contribution in [1.82, 2.24) is 10.1 Å². The fourth-order valence-corrected chi connectivity index (χ4v) is 1.35. The molecule has 15 heavy (non-hydrogen) atoms. The van der Waals surface area contributed by atoms with Crippen LogP contribution in [0.1, 0.15) is 17.3 Å². The van der Waals surface area contributed by atoms with E-state index in [1.807, 2.05) is 12.1 Å². The Morgan fingerprint density at radius 3 is 2.87 bits per heavy atom. The summed E-state index contributed by atoms with van der Waals surface area (Å²) in [5, 5.41) is 7.03. The first-order valence-corrected chi connectivity index (χ1v) is 4.84. The van der Waals surface area contributed by atoms with Gasteiger partial charge in [-0.3, -0.25) is 0 Å². The highest BCUT2D eigenvalue weighted by atomic mass is 16.5. The molecule has 1 heterocycles. The van der Waals surface area contributed by atoms with Crippen LogP contribution in [0.4, 0.5) is 5.69 Å². The number of nitrogens with one attached hydrogen (secondary N) is 1. The molecule has 1 aromatic carbocycles. The van der Waals surface area contributed by atoms with Crippen LogP contribution in [0.3, 0.4) is 0 Å². The van der Waals surface area contributed by atoms with Crippen LogP contribution in [-0.2, 0) is 6.54 Å². The van der Waals surface area contributed by atoms with E-state index in [1.165, 1.54) is 5.56 Å². The minimum Gasteiger partial charge on any atom is -0.378 e. The maximum Gasteiger partial charge on any atom is 0.223 e. The largest absolute Gasteiger partial charge is 0.378 e. The van der Waals surface area contributed by atoms with Crippen molar-refractivity contribution in [3.8, 4) is 0 Å². The van der Waals surface area contributed by atoms with Crippen molar-refractivity contribution in [1.29, 1.82) is 0 Å². The van der Waals surface area contributed by atoms with Gasteiger partial charge in [0.15, 0.2) is 5.82 Å². The number of benzene rings is 1. The number of hydrogen-bond donors (Lipinski definition) is 1. The molecule has 4 heteroatoms. The van der Waals surface area contributed by atoms with Crippen LogP contribution in [-0.4, -0.2) is 10.1 Å². The zero-order valence-corrected chi connectivity index (χ0v) is 8.82. The molecule has 0 spiro atoms. The Hall–Kier alpha value is -1.84. The van der Waals surface area contributed by atoms with Crippen molar-refractivity contribution in [3.63, 3.8) is 0 Å². The van der Waals surface area contributed by atoms with Gasteiger partial charge in [-0.05, 0) is 24.6 Å². The second kappa shape index (κ2) is 4.13. The monoisotopic (exact) mass is 203 g/mol. The molecule has 0 aliphatic carbocycles. The Kier molecular flexibility index (Phi) is 2.67. The maximum absolute atomic E-state index is 4.88. The zero-order chi connectivity index (χ0) is 10.7. The van der Waals surface area contributed by atoms with Crippen molar-refractivity contribution < 1.29 is 4.52 Å².